The third-order valence-electron chi connectivity index (χ3n) is 6.26. The summed E-state index contributed by atoms with van der Waals surface area (Å²) < 4.78 is 0. The molecule has 2 amide bonds. The van der Waals surface area contributed by atoms with E-state index >= 15 is 0 Å². The van der Waals surface area contributed by atoms with Gasteiger partial charge in [-0.15, -0.1) is 0 Å². The Bertz CT molecular complexity index is 648. The summed E-state index contributed by atoms with van der Waals surface area (Å²) in [4.78, 5) is 28.8. The zero-order valence-electron chi connectivity index (χ0n) is 16.2. The van der Waals surface area contributed by atoms with Crippen LogP contribution >= 0.6 is 0 Å². The van der Waals surface area contributed by atoms with Crippen LogP contribution in [0, 0.1) is 0 Å². The number of carbonyl (C=O) groups is 2. The molecule has 0 unspecified atom stereocenters. The van der Waals surface area contributed by atoms with Gasteiger partial charge < -0.3 is 10.2 Å². The summed E-state index contributed by atoms with van der Waals surface area (Å²) in [6, 6.07) is 11.3. The molecule has 3 atom stereocenters. The van der Waals surface area contributed by atoms with E-state index in [-0.39, 0.29) is 23.9 Å². The fourth-order valence-electron chi connectivity index (χ4n) is 4.91. The summed E-state index contributed by atoms with van der Waals surface area (Å²) in [6.45, 7) is 4.58. The third-order valence-corrected chi connectivity index (χ3v) is 6.26. The number of likely N-dealkylation sites (tertiary alicyclic amines) is 2. The van der Waals surface area contributed by atoms with Gasteiger partial charge in [-0.05, 0) is 38.8 Å². The van der Waals surface area contributed by atoms with Crippen LogP contribution in [-0.4, -0.2) is 53.3 Å². The van der Waals surface area contributed by atoms with Gasteiger partial charge in [0.05, 0.1) is 12.1 Å². The van der Waals surface area contributed by atoms with Crippen LogP contribution in [0.2, 0.25) is 0 Å². The molecule has 2 heterocycles. The monoisotopic (exact) mass is 357 g/mol. The minimum absolute atomic E-state index is 0.0386. The van der Waals surface area contributed by atoms with Crippen LogP contribution in [0.15, 0.2) is 30.3 Å². The highest BCUT2D eigenvalue weighted by Gasteiger charge is 2.52. The molecule has 1 aromatic rings. The lowest BCUT2D eigenvalue weighted by atomic mass is 9.83. The van der Waals surface area contributed by atoms with Gasteiger partial charge in [0.25, 0.3) is 0 Å². The quantitative estimate of drug-likeness (QED) is 0.905. The fourth-order valence-corrected chi connectivity index (χ4v) is 4.91. The largest absolute Gasteiger partial charge is 0.347 e. The Labute approximate surface area is 156 Å². The SMILES string of the molecule is CC(=O)NCC(=O)N1CCCCC[C@@H]2N(C)[C@H](c3ccccc3)C[C@@]21C. The van der Waals surface area contributed by atoms with Crippen molar-refractivity contribution in [2.75, 3.05) is 20.1 Å². The molecule has 26 heavy (non-hydrogen) atoms. The molecular weight excluding hydrogens is 326 g/mol. The molecule has 0 bridgehead atoms. The Morgan fingerprint density at radius 1 is 1.19 bits per heavy atom. The molecule has 1 aromatic carbocycles. The van der Waals surface area contributed by atoms with Gasteiger partial charge in [-0.2, -0.15) is 0 Å². The number of amides is 2. The maximum atomic E-state index is 13.0. The van der Waals surface area contributed by atoms with Gasteiger partial charge in [0.15, 0.2) is 0 Å². The summed E-state index contributed by atoms with van der Waals surface area (Å²) in [7, 11) is 2.20. The Hall–Kier alpha value is -1.88. The fraction of sp³-hybridized carbons (Fsp3) is 0.619. The van der Waals surface area contributed by atoms with Gasteiger partial charge in [0, 0.05) is 25.6 Å². The van der Waals surface area contributed by atoms with Crippen molar-refractivity contribution in [3.8, 4) is 0 Å². The second-order valence-electron chi connectivity index (χ2n) is 7.97. The lowest BCUT2D eigenvalue weighted by molar-refractivity contribution is -0.139. The van der Waals surface area contributed by atoms with E-state index in [1.807, 2.05) is 6.07 Å². The van der Waals surface area contributed by atoms with E-state index in [0.717, 1.165) is 32.2 Å². The van der Waals surface area contributed by atoms with Gasteiger partial charge in [0.2, 0.25) is 11.8 Å². The molecule has 0 aromatic heterocycles. The van der Waals surface area contributed by atoms with Crippen LogP contribution in [0.1, 0.15) is 57.6 Å². The number of fused-ring (bicyclic) bond motifs is 1. The Balaban J connectivity index is 1.89. The number of carbonyl (C=O) groups excluding carboxylic acids is 2. The van der Waals surface area contributed by atoms with Gasteiger partial charge in [-0.1, -0.05) is 43.2 Å². The van der Waals surface area contributed by atoms with E-state index in [1.165, 1.54) is 18.9 Å². The van der Waals surface area contributed by atoms with Gasteiger partial charge in [0.1, 0.15) is 0 Å². The van der Waals surface area contributed by atoms with E-state index in [0.29, 0.717) is 12.1 Å². The summed E-state index contributed by atoms with van der Waals surface area (Å²) in [6.07, 6.45) is 5.44. The van der Waals surface area contributed by atoms with Crippen molar-refractivity contribution in [3.63, 3.8) is 0 Å². The Morgan fingerprint density at radius 2 is 1.92 bits per heavy atom. The van der Waals surface area contributed by atoms with Gasteiger partial charge in [-0.25, -0.2) is 0 Å². The first-order valence-electron chi connectivity index (χ1n) is 9.75. The summed E-state index contributed by atoms with van der Waals surface area (Å²) in [5.41, 5.74) is 1.11. The minimum atomic E-state index is -0.203. The smallest absolute Gasteiger partial charge is 0.242 e. The summed E-state index contributed by atoms with van der Waals surface area (Å²) in [5, 5.41) is 2.69. The standard InChI is InChI=1S/C21H31N3O2/c1-16(25)22-15-20(26)24-13-9-5-8-12-19-21(24,2)14-18(23(19)3)17-10-6-4-7-11-17/h4,6-7,10-11,18-19H,5,8-9,12-15H2,1-3H3,(H,22,25)/t18-,19-,21-/m0/s1. The number of hydrogen-bond donors (Lipinski definition) is 1. The highest BCUT2D eigenvalue weighted by molar-refractivity contribution is 5.84. The molecule has 5 heteroatoms. The number of rotatable bonds is 3. The predicted octanol–water partition coefficient (Wildman–Crippen LogP) is 2.73. The molecule has 0 spiro atoms. The van der Waals surface area contributed by atoms with Crippen molar-refractivity contribution in [1.29, 1.82) is 0 Å². The molecule has 0 saturated carbocycles. The minimum Gasteiger partial charge on any atom is -0.347 e. The first-order valence-corrected chi connectivity index (χ1v) is 9.75. The maximum Gasteiger partial charge on any atom is 0.242 e. The predicted molar refractivity (Wildman–Crippen MR) is 103 cm³/mol. The van der Waals surface area contributed by atoms with Crippen LogP contribution in [0.4, 0.5) is 0 Å². The highest BCUT2D eigenvalue weighted by Crippen LogP contribution is 2.47. The van der Waals surface area contributed by atoms with Crippen molar-refractivity contribution in [2.24, 2.45) is 0 Å². The van der Waals surface area contributed by atoms with Crippen molar-refractivity contribution in [3.05, 3.63) is 35.9 Å². The molecule has 2 saturated heterocycles. The Kier molecular flexibility index (Phi) is 5.66. The molecule has 5 nitrogen and oxygen atoms in total. The van der Waals surface area contributed by atoms with Crippen molar-refractivity contribution in [2.45, 2.75) is 63.6 Å². The zero-order chi connectivity index (χ0) is 18.7. The molecule has 0 aliphatic carbocycles. The molecular formula is C21H31N3O2. The first kappa shape index (κ1) is 18.9. The van der Waals surface area contributed by atoms with Crippen LogP contribution in [0.25, 0.3) is 0 Å². The van der Waals surface area contributed by atoms with Crippen LogP contribution in [0.5, 0.6) is 0 Å². The van der Waals surface area contributed by atoms with Crippen LogP contribution in [0.3, 0.4) is 0 Å². The number of nitrogens with zero attached hydrogens (tertiary/aromatic N) is 2. The third kappa shape index (κ3) is 3.63. The number of hydrogen-bond acceptors (Lipinski definition) is 3. The summed E-state index contributed by atoms with van der Waals surface area (Å²) >= 11 is 0. The molecule has 1 N–H and O–H groups in total. The number of nitrogens with one attached hydrogen (secondary N) is 1. The van der Waals surface area contributed by atoms with Crippen molar-refractivity contribution in [1.82, 2.24) is 15.1 Å². The lowest BCUT2D eigenvalue weighted by Gasteiger charge is -2.45. The van der Waals surface area contributed by atoms with E-state index < -0.39 is 0 Å². The second kappa shape index (κ2) is 7.78. The van der Waals surface area contributed by atoms with Gasteiger partial charge >= 0.3 is 0 Å². The van der Waals surface area contributed by atoms with Gasteiger partial charge in [-0.3, -0.25) is 14.5 Å². The molecule has 2 aliphatic rings. The second-order valence-corrected chi connectivity index (χ2v) is 7.97. The molecule has 2 aliphatic heterocycles. The van der Waals surface area contributed by atoms with Crippen molar-refractivity contribution < 1.29 is 9.59 Å². The maximum absolute atomic E-state index is 13.0. The normalized spacial score (nSPS) is 29.6. The lowest BCUT2D eigenvalue weighted by Crippen LogP contribution is -2.59. The van der Waals surface area contributed by atoms with Crippen LogP contribution in [-0.2, 0) is 9.59 Å². The number of likely N-dealkylation sites (N-methyl/N-ethyl adjacent to an activating group) is 1. The molecule has 3 rings (SSSR count). The number of benzene rings is 1. The molecule has 142 valence electrons. The topological polar surface area (TPSA) is 52.7 Å². The average molecular weight is 357 g/mol. The van der Waals surface area contributed by atoms with E-state index in [1.54, 1.807) is 0 Å². The average Bonchev–Trinajstić information content (AvgIpc) is 2.86. The molecule has 2 fully saturated rings. The zero-order valence-corrected chi connectivity index (χ0v) is 16.2. The first-order chi connectivity index (χ1) is 12.4. The van der Waals surface area contributed by atoms with Crippen LogP contribution < -0.4 is 5.32 Å². The molecule has 0 radical (unpaired) electrons. The van der Waals surface area contributed by atoms with E-state index in [4.69, 9.17) is 0 Å². The Morgan fingerprint density at radius 3 is 2.62 bits per heavy atom. The van der Waals surface area contributed by atoms with E-state index in [9.17, 15) is 9.59 Å². The van der Waals surface area contributed by atoms with E-state index in [2.05, 4.69) is 53.4 Å². The highest BCUT2D eigenvalue weighted by atomic mass is 16.2. The van der Waals surface area contributed by atoms with Crippen molar-refractivity contribution >= 4 is 11.8 Å². The summed E-state index contributed by atoms with van der Waals surface area (Å²) in [5.74, 6) is -0.116.